The summed E-state index contributed by atoms with van der Waals surface area (Å²) in [5.74, 6) is -0.376. The van der Waals surface area contributed by atoms with Crippen LogP contribution in [0.5, 0.6) is 6.01 Å². The number of nitrogens with one attached hydrogen (secondary N) is 1. The fourth-order valence-electron chi connectivity index (χ4n) is 2.28. The normalized spacial score (nSPS) is 12.3. The highest BCUT2D eigenvalue weighted by Crippen LogP contribution is 2.18. The van der Waals surface area contributed by atoms with Crippen LogP contribution in [0.3, 0.4) is 0 Å². The van der Waals surface area contributed by atoms with E-state index in [1.165, 1.54) is 0 Å². The third kappa shape index (κ3) is 3.50. The van der Waals surface area contributed by atoms with E-state index < -0.39 is 0 Å². The molecule has 0 unspecified atom stereocenters. The smallest absolute Gasteiger partial charge is 0.338 e. The number of esters is 1. The van der Waals surface area contributed by atoms with Crippen molar-refractivity contribution in [2.45, 2.75) is 26.5 Å². The zero-order valence-corrected chi connectivity index (χ0v) is 13.0. The predicted molar refractivity (Wildman–Crippen MR) is 84.4 cm³/mol. The van der Waals surface area contributed by atoms with Gasteiger partial charge >= 0.3 is 5.97 Å². The summed E-state index contributed by atoms with van der Waals surface area (Å²) in [4.78, 5) is 19.5. The molecule has 0 fully saturated rings. The van der Waals surface area contributed by atoms with Crippen LogP contribution < -0.4 is 4.74 Å². The number of aromatic amines is 1. The number of benzene rings is 1. The van der Waals surface area contributed by atoms with Gasteiger partial charge in [-0.25, -0.2) is 4.79 Å². The lowest BCUT2D eigenvalue weighted by molar-refractivity contribution is 0.0299. The number of ether oxygens (including phenoxy) is 2. The van der Waals surface area contributed by atoms with Gasteiger partial charge in [-0.15, -0.1) is 0 Å². The van der Waals surface area contributed by atoms with Gasteiger partial charge in [0, 0.05) is 12.4 Å². The van der Waals surface area contributed by atoms with Crippen LogP contribution in [0.25, 0.3) is 11.0 Å². The summed E-state index contributed by atoms with van der Waals surface area (Å²) in [5.41, 5.74) is 1.95. The quantitative estimate of drug-likeness (QED) is 0.707. The second-order valence-corrected chi connectivity index (χ2v) is 5.15. The van der Waals surface area contributed by atoms with E-state index in [1.807, 2.05) is 26.1 Å². The number of carbonyl (C=O) groups is 1. The Balaban J connectivity index is 1.70. The number of aromatic nitrogens is 4. The first-order valence-corrected chi connectivity index (χ1v) is 7.46. The van der Waals surface area contributed by atoms with E-state index in [0.29, 0.717) is 24.7 Å². The van der Waals surface area contributed by atoms with Gasteiger partial charge in [0.05, 0.1) is 29.7 Å². The van der Waals surface area contributed by atoms with Crippen molar-refractivity contribution >= 4 is 17.0 Å². The molecule has 0 saturated heterocycles. The van der Waals surface area contributed by atoms with E-state index in [0.717, 1.165) is 11.0 Å². The molecule has 0 amide bonds. The molecule has 7 nitrogen and oxygen atoms in total. The second kappa shape index (κ2) is 6.51. The summed E-state index contributed by atoms with van der Waals surface area (Å²) in [6.45, 7) is 4.76. The van der Waals surface area contributed by atoms with Gasteiger partial charge in [0.2, 0.25) is 0 Å². The Morgan fingerprint density at radius 3 is 3.04 bits per heavy atom. The first-order chi connectivity index (χ1) is 11.2. The standard InChI is InChI=1S/C16H18N4O3/c1-3-22-16-18-13-6-5-12(9-14(13)19-16)15(21)23-11(2)10-20-8-4-7-17-20/h4-9,11H,3,10H2,1-2H3,(H,18,19)/t11-/m1/s1. The van der Waals surface area contributed by atoms with Gasteiger partial charge < -0.3 is 14.5 Å². The number of fused-ring (bicyclic) bond motifs is 1. The Morgan fingerprint density at radius 1 is 1.43 bits per heavy atom. The van der Waals surface area contributed by atoms with Crippen LogP contribution in [0.2, 0.25) is 0 Å². The van der Waals surface area contributed by atoms with E-state index in [2.05, 4.69) is 15.1 Å². The Labute approximate surface area is 133 Å². The van der Waals surface area contributed by atoms with Crippen LogP contribution >= 0.6 is 0 Å². The molecule has 1 atom stereocenters. The van der Waals surface area contributed by atoms with Crippen LogP contribution in [-0.4, -0.2) is 38.4 Å². The van der Waals surface area contributed by atoms with Crippen molar-refractivity contribution in [1.29, 1.82) is 0 Å². The largest absolute Gasteiger partial charge is 0.465 e. The number of hydrogen-bond acceptors (Lipinski definition) is 5. The maximum Gasteiger partial charge on any atom is 0.338 e. The molecule has 0 bridgehead atoms. The molecule has 0 aliphatic rings. The van der Waals surface area contributed by atoms with Crippen LogP contribution in [0, 0.1) is 0 Å². The summed E-state index contributed by atoms with van der Waals surface area (Å²) < 4.78 is 12.5. The number of carbonyl (C=O) groups excluding carboxylic acids is 1. The van der Waals surface area contributed by atoms with Gasteiger partial charge in [0.1, 0.15) is 6.10 Å². The minimum absolute atomic E-state index is 0.279. The number of H-pyrrole nitrogens is 1. The van der Waals surface area contributed by atoms with Gasteiger partial charge in [-0.05, 0) is 38.1 Å². The molecule has 0 saturated carbocycles. The molecule has 7 heteroatoms. The molecule has 120 valence electrons. The lowest BCUT2D eigenvalue weighted by atomic mass is 10.2. The van der Waals surface area contributed by atoms with Gasteiger partial charge in [-0.3, -0.25) is 4.68 Å². The fourth-order valence-corrected chi connectivity index (χ4v) is 2.28. The zero-order valence-electron chi connectivity index (χ0n) is 13.0. The maximum atomic E-state index is 12.2. The summed E-state index contributed by atoms with van der Waals surface area (Å²) in [5, 5.41) is 4.10. The van der Waals surface area contributed by atoms with Crippen molar-refractivity contribution in [2.75, 3.05) is 6.61 Å². The highest BCUT2D eigenvalue weighted by atomic mass is 16.5. The fraction of sp³-hybridized carbons (Fsp3) is 0.312. The SMILES string of the molecule is CCOc1nc2ccc(C(=O)O[C@H](C)Cn3cccn3)cc2[nH]1. The topological polar surface area (TPSA) is 82.0 Å². The van der Waals surface area contributed by atoms with Crippen molar-refractivity contribution in [1.82, 2.24) is 19.7 Å². The molecule has 3 aromatic rings. The Hall–Kier alpha value is -2.83. The van der Waals surface area contributed by atoms with Crippen molar-refractivity contribution in [3.8, 4) is 6.01 Å². The molecule has 0 aliphatic heterocycles. The summed E-state index contributed by atoms with van der Waals surface area (Å²) >= 11 is 0. The summed E-state index contributed by atoms with van der Waals surface area (Å²) in [6, 6.07) is 7.45. The van der Waals surface area contributed by atoms with Gasteiger partial charge in [-0.2, -0.15) is 10.1 Å². The molecule has 1 aromatic carbocycles. The molecule has 0 aliphatic carbocycles. The van der Waals surface area contributed by atoms with E-state index in [1.54, 1.807) is 29.1 Å². The first-order valence-electron chi connectivity index (χ1n) is 7.46. The maximum absolute atomic E-state index is 12.2. The highest BCUT2D eigenvalue weighted by Gasteiger charge is 2.14. The number of nitrogens with zero attached hydrogens (tertiary/aromatic N) is 3. The van der Waals surface area contributed by atoms with Crippen LogP contribution in [0.1, 0.15) is 24.2 Å². The van der Waals surface area contributed by atoms with E-state index in [9.17, 15) is 4.79 Å². The molecule has 1 N–H and O–H groups in total. The average molecular weight is 314 g/mol. The molecule has 0 spiro atoms. The average Bonchev–Trinajstić information content (AvgIpc) is 3.15. The first kappa shape index (κ1) is 15.1. The number of hydrogen-bond donors (Lipinski definition) is 1. The third-order valence-electron chi connectivity index (χ3n) is 3.29. The predicted octanol–water partition coefficient (Wildman–Crippen LogP) is 2.40. The Morgan fingerprint density at radius 2 is 2.30 bits per heavy atom. The van der Waals surface area contributed by atoms with Crippen LogP contribution in [-0.2, 0) is 11.3 Å². The van der Waals surface area contributed by atoms with Crippen LogP contribution in [0.4, 0.5) is 0 Å². The van der Waals surface area contributed by atoms with Crippen molar-refractivity contribution < 1.29 is 14.3 Å². The van der Waals surface area contributed by atoms with Crippen molar-refractivity contribution in [3.05, 3.63) is 42.2 Å². The third-order valence-corrected chi connectivity index (χ3v) is 3.29. The number of rotatable bonds is 6. The second-order valence-electron chi connectivity index (χ2n) is 5.15. The monoisotopic (exact) mass is 314 g/mol. The molecule has 2 aromatic heterocycles. The van der Waals surface area contributed by atoms with E-state index >= 15 is 0 Å². The van der Waals surface area contributed by atoms with Gasteiger partial charge in [0.15, 0.2) is 0 Å². The molecule has 2 heterocycles. The van der Waals surface area contributed by atoms with E-state index in [4.69, 9.17) is 9.47 Å². The molecule has 0 radical (unpaired) electrons. The van der Waals surface area contributed by atoms with Crippen molar-refractivity contribution in [2.24, 2.45) is 0 Å². The minimum Gasteiger partial charge on any atom is -0.465 e. The minimum atomic E-state index is -0.376. The molecule has 3 rings (SSSR count). The summed E-state index contributed by atoms with van der Waals surface area (Å²) in [6.07, 6.45) is 3.24. The lowest BCUT2D eigenvalue weighted by Crippen LogP contribution is -2.21. The highest BCUT2D eigenvalue weighted by molar-refractivity contribution is 5.93. The molecular formula is C16H18N4O3. The zero-order chi connectivity index (χ0) is 16.2. The Kier molecular flexibility index (Phi) is 4.27. The summed E-state index contributed by atoms with van der Waals surface area (Å²) in [7, 11) is 0. The molecular weight excluding hydrogens is 296 g/mol. The number of imidazole rings is 1. The van der Waals surface area contributed by atoms with E-state index in [-0.39, 0.29) is 12.1 Å². The van der Waals surface area contributed by atoms with Gasteiger partial charge in [-0.1, -0.05) is 0 Å². The molecule has 23 heavy (non-hydrogen) atoms. The van der Waals surface area contributed by atoms with Gasteiger partial charge in [0.25, 0.3) is 6.01 Å². The van der Waals surface area contributed by atoms with Crippen molar-refractivity contribution in [3.63, 3.8) is 0 Å². The Bertz CT molecular complexity index is 795. The lowest BCUT2D eigenvalue weighted by Gasteiger charge is -2.13. The van der Waals surface area contributed by atoms with Crippen LogP contribution in [0.15, 0.2) is 36.7 Å².